The Kier molecular flexibility index (Phi) is 4.96. The van der Waals surface area contributed by atoms with Gasteiger partial charge in [-0.1, -0.05) is 0 Å². The SMILES string of the molecule is Cc1ccc(=O)n(C2CCC(NC(=O)c3ccc(Br)s3)CC2)n1. The molecule has 0 bridgehead atoms. The molecule has 0 unspecified atom stereocenters. The maximum absolute atomic E-state index is 12.2. The van der Waals surface area contributed by atoms with Crippen molar-refractivity contribution in [1.29, 1.82) is 0 Å². The van der Waals surface area contributed by atoms with Crippen molar-refractivity contribution >= 4 is 33.2 Å². The number of carbonyl (C=O) groups is 1. The van der Waals surface area contributed by atoms with Crippen LogP contribution in [0.4, 0.5) is 0 Å². The van der Waals surface area contributed by atoms with Crippen LogP contribution in [0.3, 0.4) is 0 Å². The highest BCUT2D eigenvalue weighted by atomic mass is 79.9. The summed E-state index contributed by atoms with van der Waals surface area (Å²) < 4.78 is 2.56. The number of aromatic nitrogens is 2. The van der Waals surface area contributed by atoms with Crippen LogP contribution in [0.1, 0.15) is 47.1 Å². The Bertz CT molecular complexity index is 763. The summed E-state index contributed by atoms with van der Waals surface area (Å²) in [6, 6.07) is 7.32. The molecule has 0 saturated heterocycles. The van der Waals surface area contributed by atoms with Gasteiger partial charge in [0.2, 0.25) is 0 Å². The molecule has 0 radical (unpaired) electrons. The Labute approximate surface area is 146 Å². The molecule has 3 rings (SSSR count). The monoisotopic (exact) mass is 395 g/mol. The molecule has 1 amide bonds. The molecule has 2 aromatic heterocycles. The first kappa shape index (κ1) is 16.4. The molecule has 23 heavy (non-hydrogen) atoms. The summed E-state index contributed by atoms with van der Waals surface area (Å²) in [6.07, 6.45) is 3.45. The Hall–Kier alpha value is -1.47. The molecule has 1 aliphatic carbocycles. The minimum atomic E-state index is -0.0495. The van der Waals surface area contributed by atoms with Gasteiger partial charge in [-0.3, -0.25) is 9.59 Å². The molecule has 122 valence electrons. The lowest BCUT2D eigenvalue weighted by molar-refractivity contribution is 0.0925. The van der Waals surface area contributed by atoms with Gasteiger partial charge in [-0.25, -0.2) is 4.68 Å². The van der Waals surface area contributed by atoms with E-state index in [0.717, 1.165) is 40.0 Å². The average molecular weight is 396 g/mol. The number of carbonyl (C=O) groups excluding carboxylic acids is 1. The van der Waals surface area contributed by atoms with Gasteiger partial charge in [0.15, 0.2) is 0 Å². The highest BCUT2D eigenvalue weighted by Gasteiger charge is 2.25. The first-order valence-corrected chi connectivity index (χ1v) is 9.26. The maximum Gasteiger partial charge on any atom is 0.267 e. The van der Waals surface area contributed by atoms with Gasteiger partial charge in [-0.05, 0) is 66.7 Å². The van der Waals surface area contributed by atoms with Crippen molar-refractivity contribution in [2.75, 3.05) is 0 Å². The number of halogens is 1. The van der Waals surface area contributed by atoms with Crippen molar-refractivity contribution in [2.45, 2.75) is 44.7 Å². The predicted octanol–water partition coefficient (Wildman–Crippen LogP) is 3.29. The zero-order valence-corrected chi connectivity index (χ0v) is 15.2. The molecule has 0 spiro atoms. The van der Waals surface area contributed by atoms with Crippen LogP contribution in [-0.4, -0.2) is 21.7 Å². The standard InChI is InChI=1S/C16H18BrN3O2S/c1-10-2-9-15(21)20(19-10)12-5-3-11(4-6-12)18-16(22)13-7-8-14(17)23-13/h2,7-9,11-12H,3-6H2,1H3,(H,18,22). The van der Waals surface area contributed by atoms with E-state index in [1.54, 1.807) is 16.8 Å². The van der Waals surface area contributed by atoms with Crippen molar-refractivity contribution in [3.63, 3.8) is 0 Å². The lowest BCUT2D eigenvalue weighted by Crippen LogP contribution is -2.39. The van der Waals surface area contributed by atoms with Crippen molar-refractivity contribution < 1.29 is 4.79 Å². The smallest absolute Gasteiger partial charge is 0.267 e. The van der Waals surface area contributed by atoms with E-state index in [1.807, 2.05) is 19.1 Å². The zero-order chi connectivity index (χ0) is 16.4. The van der Waals surface area contributed by atoms with Crippen LogP contribution in [0.25, 0.3) is 0 Å². The van der Waals surface area contributed by atoms with E-state index in [9.17, 15) is 9.59 Å². The van der Waals surface area contributed by atoms with Crippen LogP contribution in [0, 0.1) is 6.92 Å². The molecule has 2 aromatic rings. The summed E-state index contributed by atoms with van der Waals surface area (Å²) in [4.78, 5) is 24.9. The number of amides is 1. The molecule has 1 N–H and O–H groups in total. The number of thiophene rings is 1. The molecule has 5 nitrogen and oxygen atoms in total. The van der Waals surface area contributed by atoms with Crippen molar-refractivity contribution in [1.82, 2.24) is 15.1 Å². The van der Waals surface area contributed by atoms with Crippen LogP contribution in [0.5, 0.6) is 0 Å². The Balaban J connectivity index is 1.59. The fraction of sp³-hybridized carbons (Fsp3) is 0.438. The normalized spacial score (nSPS) is 21.1. The Morgan fingerprint density at radius 2 is 2.00 bits per heavy atom. The number of hydrogen-bond acceptors (Lipinski definition) is 4. The summed E-state index contributed by atoms with van der Waals surface area (Å²) in [5.74, 6) is -0.0185. The van der Waals surface area contributed by atoms with Crippen molar-refractivity contribution in [3.8, 4) is 0 Å². The number of aryl methyl sites for hydroxylation is 1. The van der Waals surface area contributed by atoms with E-state index < -0.39 is 0 Å². The quantitative estimate of drug-likeness (QED) is 0.866. The fourth-order valence-electron chi connectivity index (χ4n) is 2.94. The van der Waals surface area contributed by atoms with Crippen LogP contribution < -0.4 is 10.9 Å². The first-order valence-electron chi connectivity index (χ1n) is 7.65. The van der Waals surface area contributed by atoms with Gasteiger partial charge in [-0.15, -0.1) is 11.3 Å². The average Bonchev–Trinajstić information content (AvgIpc) is 2.97. The molecular formula is C16H18BrN3O2S. The van der Waals surface area contributed by atoms with Gasteiger partial charge < -0.3 is 5.32 Å². The summed E-state index contributed by atoms with van der Waals surface area (Å²) in [5, 5.41) is 7.44. The molecule has 2 heterocycles. The molecule has 1 aliphatic rings. The van der Waals surface area contributed by atoms with E-state index in [2.05, 4.69) is 26.3 Å². The Morgan fingerprint density at radius 3 is 2.65 bits per heavy atom. The van der Waals surface area contributed by atoms with Crippen LogP contribution in [0.2, 0.25) is 0 Å². The van der Waals surface area contributed by atoms with E-state index in [-0.39, 0.29) is 23.6 Å². The van der Waals surface area contributed by atoms with Crippen LogP contribution >= 0.6 is 27.3 Å². The maximum atomic E-state index is 12.2. The summed E-state index contributed by atoms with van der Waals surface area (Å²) in [5.41, 5.74) is 0.801. The van der Waals surface area contributed by atoms with Crippen LogP contribution in [-0.2, 0) is 0 Å². The fourth-order valence-corrected chi connectivity index (χ4v) is 4.23. The molecule has 0 atom stereocenters. The van der Waals surface area contributed by atoms with Gasteiger partial charge in [0.25, 0.3) is 11.5 Å². The summed E-state index contributed by atoms with van der Waals surface area (Å²) in [7, 11) is 0. The second-order valence-electron chi connectivity index (χ2n) is 5.84. The highest BCUT2D eigenvalue weighted by molar-refractivity contribution is 9.11. The van der Waals surface area contributed by atoms with Crippen molar-refractivity contribution in [3.05, 3.63) is 49.0 Å². The van der Waals surface area contributed by atoms with Crippen molar-refractivity contribution in [2.24, 2.45) is 0 Å². The topological polar surface area (TPSA) is 64.0 Å². The molecule has 0 aliphatic heterocycles. The highest BCUT2D eigenvalue weighted by Crippen LogP contribution is 2.28. The van der Waals surface area contributed by atoms with E-state index in [4.69, 9.17) is 0 Å². The van der Waals surface area contributed by atoms with Gasteiger partial charge >= 0.3 is 0 Å². The van der Waals surface area contributed by atoms with Crippen LogP contribution in [0.15, 0.2) is 32.8 Å². The minimum absolute atomic E-state index is 0.0185. The molecular weight excluding hydrogens is 378 g/mol. The predicted molar refractivity (Wildman–Crippen MR) is 94.0 cm³/mol. The first-order chi connectivity index (χ1) is 11.0. The van der Waals surface area contributed by atoms with E-state index in [1.165, 1.54) is 11.3 Å². The largest absolute Gasteiger partial charge is 0.349 e. The lowest BCUT2D eigenvalue weighted by atomic mass is 9.91. The second kappa shape index (κ2) is 6.97. The molecule has 1 saturated carbocycles. The third kappa shape index (κ3) is 3.90. The second-order valence-corrected chi connectivity index (χ2v) is 8.30. The molecule has 7 heteroatoms. The van der Waals surface area contributed by atoms with Gasteiger partial charge in [0.1, 0.15) is 0 Å². The van der Waals surface area contributed by atoms with E-state index in [0.29, 0.717) is 0 Å². The Morgan fingerprint density at radius 1 is 1.26 bits per heavy atom. The number of hydrogen-bond donors (Lipinski definition) is 1. The van der Waals surface area contributed by atoms with Gasteiger partial charge in [0.05, 0.1) is 20.4 Å². The third-order valence-electron chi connectivity index (χ3n) is 4.13. The summed E-state index contributed by atoms with van der Waals surface area (Å²) >= 11 is 4.81. The molecule has 1 fully saturated rings. The number of rotatable bonds is 3. The zero-order valence-electron chi connectivity index (χ0n) is 12.8. The van der Waals surface area contributed by atoms with E-state index >= 15 is 0 Å². The summed E-state index contributed by atoms with van der Waals surface area (Å²) in [6.45, 7) is 1.89. The number of nitrogens with one attached hydrogen (secondary N) is 1. The lowest BCUT2D eigenvalue weighted by Gasteiger charge is -2.29. The molecule has 0 aromatic carbocycles. The number of nitrogens with zero attached hydrogens (tertiary/aromatic N) is 2. The minimum Gasteiger partial charge on any atom is -0.349 e. The van der Waals surface area contributed by atoms with Gasteiger partial charge in [-0.2, -0.15) is 5.10 Å². The van der Waals surface area contributed by atoms with Gasteiger partial charge in [0, 0.05) is 12.1 Å². The third-order valence-corrected chi connectivity index (χ3v) is 5.76.